The monoisotopic (exact) mass is 327 g/mol. The van der Waals surface area contributed by atoms with Gasteiger partial charge in [0.1, 0.15) is 0 Å². The van der Waals surface area contributed by atoms with Gasteiger partial charge in [-0.05, 0) is 27.4 Å². The van der Waals surface area contributed by atoms with E-state index in [4.69, 9.17) is 0 Å². The summed E-state index contributed by atoms with van der Waals surface area (Å²) in [5, 5.41) is 1.84. The number of esters is 1. The molecule has 0 saturated carbocycles. The van der Waals surface area contributed by atoms with Gasteiger partial charge in [-0.3, -0.25) is 4.79 Å². The second-order valence-electron chi connectivity index (χ2n) is 2.85. The highest BCUT2D eigenvalue weighted by Gasteiger charge is 2.17. The topological polar surface area (TPSA) is 72.5 Å². The van der Waals surface area contributed by atoms with Crippen molar-refractivity contribution in [3.63, 3.8) is 0 Å². The number of thiophene rings is 1. The molecule has 0 bridgehead atoms. The van der Waals surface area contributed by atoms with Crippen molar-refractivity contribution < 1.29 is 17.9 Å². The Bertz CT molecular complexity index is 468. The first-order valence-corrected chi connectivity index (χ1v) is 7.53. The van der Waals surface area contributed by atoms with Gasteiger partial charge in [0, 0.05) is 15.9 Å². The molecule has 0 spiro atoms. The number of ether oxygens (including phenoxy) is 1. The first kappa shape index (κ1) is 13.6. The van der Waals surface area contributed by atoms with Crippen LogP contribution in [-0.2, 0) is 26.1 Å². The molecular weight excluding hydrogens is 318 g/mol. The summed E-state index contributed by atoms with van der Waals surface area (Å²) >= 11 is 4.71. The molecular formula is C8H10BrNO4S2. The molecule has 1 N–H and O–H groups in total. The van der Waals surface area contributed by atoms with Gasteiger partial charge in [-0.15, -0.1) is 11.3 Å². The lowest BCUT2D eigenvalue weighted by atomic mass is 10.5. The highest BCUT2D eigenvalue weighted by molar-refractivity contribution is 9.10. The van der Waals surface area contributed by atoms with E-state index < -0.39 is 21.7 Å². The number of rotatable bonds is 5. The van der Waals surface area contributed by atoms with Gasteiger partial charge in [-0.1, -0.05) is 0 Å². The Hall–Kier alpha value is -0.440. The van der Waals surface area contributed by atoms with Crippen LogP contribution in [0.2, 0.25) is 0 Å². The second-order valence-corrected chi connectivity index (χ2v) is 6.51. The quantitative estimate of drug-likeness (QED) is 0.822. The van der Waals surface area contributed by atoms with Crippen LogP contribution in [0.3, 0.4) is 0 Å². The number of nitrogens with one attached hydrogen (secondary N) is 1. The van der Waals surface area contributed by atoms with Gasteiger partial charge in [0.25, 0.3) is 0 Å². The fourth-order valence-electron chi connectivity index (χ4n) is 0.892. The molecule has 1 rings (SSSR count). The maximum atomic E-state index is 11.4. The summed E-state index contributed by atoms with van der Waals surface area (Å²) in [4.78, 5) is 11.7. The van der Waals surface area contributed by atoms with Crippen LogP contribution in [0.15, 0.2) is 15.9 Å². The molecule has 0 radical (unpaired) electrons. The third-order valence-electron chi connectivity index (χ3n) is 1.68. The van der Waals surface area contributed by atoms with Crippen LogP contribution >= 0.6 is 27.3 Å². The van der Waals surface area contributed by atoms with Crippen LogP contribution in [0, 0.1) is 0 Å². The zero-order valence-corrected chi connectivity index (χ0v) is 11.6. The third-order valence-corrected chi connectivity index (χ3v) is 4.81. The van der Waals surface area contributed by atoms with E-state index in [2.05, 4.69) is 25.4 Å². The van der Waals surface area contributed by atoms with Crippen LogP contribution in [0.25, 0.3) is 0 Å². The summed E-state index contributed by atoms with van der Waals surface area (Å²) < 4.78 is 30.2. The predicted octanol–water partition coefficient (Wildman–Crippen LogP) is 1.10. The van der Waals surface area contributed by atoms with Crippen molar-refractivity contribution in [2.75, 3.05) is 12.9 Å². The largest absolute Gasteiger partial charge is 0.468 e. The fraction of sp³-hybridized carbons (Fsp3) is 0.375. The van der Waals surface area contributed by atoms with E-state index >= 15 is 0 Å². The van der Waals surface area contributed by atoms with E-state index in [1.54, 1.807) is 0 Å². The number of methoxy groups -OCH3 is 1. The molecule has 0 aromatic carbocycles. The van der Waals surface area contributed by atoms with E-state index in [1.165, 1.54) is 11.3 Å². The molecule has 0 aliphatic rings. The van der Waals surface area contributed by atoms with Gasteiger partial charge >= 0.3 is 5.97 Å². The number of carbonyl (C=O) groups is 1. The summed E-state index contributed by atoms with van der Waals surface area (Å²) in [5.74, 6) is -1.44. The zero-order chi connectivity index (χ0) is 12.2. The van der Waals surface area contributed by atoms with Crippen LogP contribution in [-0.4, -0.2) is 27.2 Å². The van der Waals surface area contributed by atoms with Gasteiger partial charge in [0.15, 0.2) is 5.75 Å². The molecule has 16 heavy (non-hydrogen) atoms. The van der Waals surface area contributed by atoms with Crippen LogP contribution < -0.4 is 4.72 Å². The van der Waals surface area contributed by atoms with Crippen LogP contribution in [0.4, 0.5) is 0 Å². The molecule has 5 nitrogen and oxygen atoms in total. The molecule has 0 unspecified atom stereocenters. The summed E-state index contributed by atoms with van der Waals surface area (Å²) in [6.07, 6.45) is 0. The third kappa shape index (κ3) is 4.20. The van der Waals surface area contributed by atoms with Crippen molar-refractivity contribution in [2.45, 2.75) is 6.54 Å². The van der Waals surface area contributed by atoms with Crippen LogP contribution in [0.1, 0.15) is 4.88 Å². The average Bonchev–Trinajstić information content (AvgIpc) is 2.60. The molecule has 0 fully saturated rings. The Morgan fingerprint density at radius 2 is 2.31 bits per heavy atom. The first-order valence-electron chi connectivity index (χ1n) is 4.20. The van der Waals surface area contributed by atoms with E-state index in [1.807, 2.05) is 11.4 Å². The SMILES string of the molecule is COC(=O)CS(=O)(=O)NCc1sccc1Br. The van der Waals surface area contributed by atoms with Crippen molar-refractivity contribution >= 4 is 43.3 Å². The molecule has 8 heteroatoms. The van der Waals surface area contributed by atoms with Gasteiger partial charge in [0.05, 0.1) is 7.11 Å². The zero-order valence-electron chi connectivity index (χ0n) is 8.40. The highest BCUT2D eigenvalue weighted by atomic mass is 79.9. The molecule has 0 aliphatic carbocycles. The number of hydrogen-bond acceptors (Lipinski definition) is 5. The van der Waals surface area contributed by atoms with Gasteiger partial charge in [-0.25, -0.2) is 13.1 Å². The summed E-state index contributed by atoms with van der Waals surface area (Å²) in [5.41, 5.74) is 0. The van der Waals surface area contributed by atoms with Gasteiger partial charge < -0.3 is 4.74 Å². The van der Waals surface area contributed by atoms with Gasteiger partial charge in [-0.2, -0.15) is 0 Å². The maximum absolute atomic E-state index is 11.4. The Morgan fingerprint density at radius 3 is 2.81 bits per heavy atom. The van der Waals surface area contributed by atoms with Crippen molar-refractivity contribution in [3.05, 3.63) is 20.8 Å². The van der Waals surface area contributed by atoms with Crippen molar-refractivity contribution in [2.24, 2.45) is 0 Å². The first-order chi connectivity index (χ1) is 7.44. The Balaban J connectivity index is 2.55. The van der Waals surface area contributed by atoms with E-state index in [9.17, 15) is 13.2 Å². The second kappa shape index (κ2) is 5.76. The Morgan fingerprint density at radius 1 is 1.62 bits per heavy atom. The van der Waals surface area contributed by atoms with E-state index in [0.717, 1.165) is 16.5 Å². The smallest absolute Gasteiger partial charge is 0.322 e. The van der Waals surface area contributed by atoms with Crippen molar-refractivity contribution in [1.29, 1.82) is 0 Å². The molecule has 1 heterocycles. The van der Waals surface area contributed by atoms with Crippen LogP contribution in [0.5, 0.6) is 0 Å². The van der Waals surface area contributed by atoms with Gasteiger partial charge in [0.2, 0.25) is 10.0 Å². The molecule has 90 valence electrons. The lowest BCUT2D eigenvalue weighted by Gasteiger charge is -2.04. The maximum Gasteiger partial charge on any atom is 0.322 e. The standard InChI is InChI=1S/C8H10BrNO4S2/c1-14-8(11)5-16(12,13)10-4-7-6(9)2-3-15-7/h2-3,10H,4-5H2,1H3. The molecule has 0 atom stereocenters. The predicted molar refractivity (Wildman–Crippen MR) is 64.7 cm³/mol. The number of hydrogen-bond donors (Lipinski definition) is 1. The molecule has 0 amide bonds. The number of carbonyl (C=O) groups excluding carboxylic acids is 1. The lowest BCUT2D eigenvalue weighted by Crippen LogP contribution is -2.30. The van der Waals surface area contributed by atoms with E-state index in [-0.39, 0.29) is 6.54 Å². The minimum atomic E-state index is -3.62. The lowest BCUT2D eigenvalue weighted by molar-refractivity contribution is -0.137. The number of sulfonamides is 1. The minimum Gasteiger partial charge on any atom is -0.468 e. The summed E-state index contributed by atoms with van der Waals surface area (Å²) in [6.45, 7) is 0.164. The number of halogens is 1. The summed E-state index contributed by atoms with van der Waals surface area (Å²) in [7, 11) is -2.48. The Kier molecular flexibility index (Phi) is 4.90. The normalized spacial score (nSPS) is 11.4. The molecule has 0 saturated heterocycles. The summed E-state index contributed by atoms with van der Waals surface area (Å²) in [6, 6.07) is 1.83. The molecule has 1 aromatic heterocycles. The fourth-order valence-corrected chi connectivity index (χ4v) is 3.31. The molecule has 1 aromatic rings. The Labute approximate surface area is 106 Å². The highest BCUT2D eigenvalue weighted by Crippen LogP contribution is 2.22. The minimum absolute atomic E-state index is 0.164. The van der Waals surface area contributed by atoms with Crippen molar-refractivity contribution in [3.8, 4) is 0 Å². The molecule has 0 aliphatic heterocycles. The average molecular weight is 328 g/mol. The van der Waals surface area contributed by atoms with Crippen molar-refractivity contribution in [1.82, 2.24) is 4.72 Å². The van der Waals surface area contributed by atoms with E-state index in [0.29, 0.717) is 0 Å².